The van der Waals surface area contributed by atoms with Gasteiger partial charge < -0.3 is 4.42 Å². The first-order valence-electron chi connectivity index (χ1n) is 6.76. The average Bonchev–Trinajstić information content (AvgIpc) is 3.10. The van der Waals surface area contributed by atoms with Crippen molar-refractivity contribution in [2.45, 2.75) is 6.92 Å². The molecule has 0 amide bonds. The summed E-state index contributed by atoms with van der Waals surface area (Å²) in [6.45, 7) is 1.92. The van der Waals surface area contributed by atoms with Crippen LogP contribution in [0.1, 0.15) is 5.69 Å². The van der Waals surface area contributed by atoms with Gasteiger partial charge in [-0.1, -0.05) is 23.7 Å². The number of halogens is 1. The molecule has 5 nitrogen and oxygen atoms in total. The summed E-state index contributed by atoms with van der Waals surface area (Å²) in [7, 11) is 0. The highest BCUT2D eigenvalue weighted by molar-refractivity contribution is 6.30. The topological polar surface area (TPSA) is 56.2 Å². The fourth-order valence-corrected chi connectivity index (χ4v) is 2.62. The van der Waals surface area contributed by atoms with Gasteiger partial charge in [-0.3, -0.25) is 4.40 Å². The fraction of sp³-hybridized carbons (Fsp3) is 0.0625. The monoisotopic (exact) mass is 310 g/mol. The first-order chi connectivity index (χ1) is 10.7. The highest BCUT2D eigenvalue weighted by Crippen LogP contribution is 2.28. The smallest absolute Gasteiger partial charge is 0.266 e. The van der Waals surface area contributed by atoms with Gasteiger partial charge in [0.1, 0.15) is 11.3 Å². The summed E-state index contributed by atoms with van der Waals surface area (Å²) in [5.74, 6) is 0.869. The van der Waals surface area contributed by atoms with E-state index in [9.17, 15) is 0 Å². The summed E-state index contributed by atoms with van der Waals surface area (Å²) in [6.07, 6.45) is 1.92. The third-order valence-electron chi connectivity index (χ3n) is 3.40. The van der Waals surface area contributed by atoms with Crippen molar-refractivity contribution in [1.82, 2.24) is 19.6 Å². The first kappa shape index (κ1) is 13.0. The van der Waals surface area contributed by atoms with Crippen LogP contribution >= 0.6 is 11.6 Å². The van der Waals surface area contributed by atoms with Crippen molar-refractivity contribution in [3.05, 3.63) is 59.4 Å². The second kappa shape index (κ2) is 4.96. The van der Waals surface area contributed by atoms with Crippen LogP contribution in [0.15, 0.2) is 53.1 Å². The van der Waals surface area contributed by atoms with Crippen LogP contribution in [0.25, 0.3) is 28.7 Å². The van der Waals surface area contributed by atoms with Gasteiger partial charge in [-0.05, 0) is 37.3 Å². The maximum Gasteiger partial charge on any atom is 0.266 e. The molecule has 3 aromatic heterocycles. The Morgan fingerprint density at radius 1 is 1.05 bits per heavy atom. The van der Waals surface area contributed by atoms with E-state index in [1.165, 1.54) is 0 Å². The molecule has 22 heavy (non-hydrogen) atoms. The van der Waals surface area contributed by atoms with E-state index in [2.05, 4.69) is 15.2 Å². The van der Waals surface area contributed by atoms with Crippen LogP contribution in [0, 0.1) is 6.92 Å². The van der Waals surface area contributed by atoms with Gasteiger partial charge in [0.2, 0.25) is 5.89 Å². The molecule has 0 spiro atoms. The molecule has 1 aromatic carbocycles. The van der Waals surface area contributed by atoms with Crippen LogP contribution in [0.2, 0.25) is 5.02 Å². The molecule has 0 fully saturated rings. The van der Waals surface area contributed by atoms with Gasteiger partial charge >= 0.3 is 0 Å². The predicted octanol–water partition coefficient (Wildman–Crippen LogP) is 4.01. The Bertz CT molecular complexity index is 973. The number of pyridine rings is 1. The third-order valence-corrected chi connectivity index (χ3v) is 3.64. The molecule has 0 saturated carbocycles. The van der Waals surface area contributed by atoms with Crippen LogP contribution in [-0.4, -0.2) is 19.6 Å². The zero-order chi connectivity index (χ0) is 15.1. The van der Waals surface area contributed by atoms with Gasteiger partial charge in [0.15, 0.2) is 0 Å². The Balaban J connectivity index is 1.85. The van der Waals surface area contributed by atoms with Crippen molar-refractivity contribution in [2.75, 3.05) is 0 Å². The largest absolute Gasteiger partial charge is 0.415 e. The molecular formula is C16H11ClN4O. The lowest BCUT2D eigenvalue weighted by atomic mass is 10.2. The van der Waals surface area contributed by atoms with Crippen LogP contribution < -0.4 is 0 Å². The molecular weight excluding hydrogens is 300 g/mol. The van der Waals surface area contributed by atoms with Crippen LogP contribution in [0.3, 0.4) is 0 Å². The van der Waals surface area contributed by atoms with Gasteiger partial charge in [0.05, 0.1) is 5.69 Å². The third kappa shape index (κ3) is 2.07. The van der Waals surface area contributed by atoms with E-state index in [0.717, 1.165) is 22.6 Å². The minimum absolute atomic E-state index is 0.433. The lowest BCUT2D eigenvalue weighted by Crippen LogP contribution is -1.88. The Morgan fingerprint density at radius 3 is 2.77 bits per heavy atom. The Labute approximate surface area is 131 Å². The molecule has 0 atom stereocenters. The number of aryl methyl sites for hydroxylation is 1. The van der Waals surface area contributed by atoms with Gasteiger partial charge in [0.25, 0.3) is 5.89 Å². The summed E-state index contributed by atoms with van der Waals surface area (Å²) in [4.78, 5) is 4.50. The van der Waals surface area contributed by atoms with Crippen LogP contribution in [-0.2, 0) is 0 Å². The molecule has 0 N–H and O–H groups in total. The molecule has 4 aromatic rings. The second-order valence-corrected chi connectivity index (χ2v) is 5.33. The number of rotatable bonds is 2. The van der Waals surface area contributed by atoms with Crippen molar-refractivity contribution in [2.24, 2.45) is 0 Å². The Morgan fingerprint density at radius 2 is 1.91 bits per heavy atom. The maximum absolute atomic E-state index is 6.00. The fourth-order valence-electron chi connectivity index (χ4n) is 2.43. The molecule has 0 radical (unpaired) electrons. The number of benzene rings is 1. The summed E-state index contributed by atoms with van der Waals surface area (Å²) in [5, 5.41) is 8.90. The van der Waals surface area contributed by atoms with E-state index < -0.39 is 0 Å². The number of hydrogen-bond acceptors (Lipinski definition) is 4. The molecule has 108 valence electrons. The number of nitrogens with zero attached hydrogens (tertiary/aromatic N) is 4. The summed E-state index contributed by atoms with van der Waals surface area (Å²) < 4.78 is 7.75. The molecule has 4 rings (SSSR count). The molecule has 6 heteroatoms. The molecule has 0 aliphatic carbocycles. The van der Waals surface area contributed by atoms with E-state index >= 15 is 0 Å². The van der Waals surface area contributed by atoms with Crippen LogP contribution in [0.5, 0.6) is 0 Å². The number of hydrogen-bond donors (Lipinski definition) is 0. The molecule has 3 heterocycles. The lowest BCUT2D eigenvalue weighted by Gasteiger charge is -1.97. The van der Waals surface area contributed by atoms with Gasteiger partial charge in [-0.2, -0.15) is 0 Å². The summed E-state index contributed by atoms with van der Waals surface area (Å²) >= 11 is 6.00. The SMILES string of the molecule is Cc1nc2ccccn2c1-c1nnc(-c2cccc(Cl)c2)o1. The van der Waals surface area contributed by atoms with Crippen molar-refractivity contribution in [3.63, 3.8) is 0 Å². The quantitative estimate of drug-likeness (QED) is 0.561. The van der Waals surface area contributed by atoms with Crippen molar-refractivity contribution in [1.29, 1.82) is 0 Å². The lowest BCUT2D eigenvalue weighted by molar-refractivity contribution is 0.581. The molecule has 0 bridgehead atoms. The van der Waals surface area contributed by atoms with Crippen molar-refractivity contribution in [3.8, 4) is 23.0 Å². The van der Waals surface area contributed by atoms with E-state index in [4.69, 9.17) is 16.0 Å². The zero-order valence-corrected chi connectivity index (χ0v) is 12.4. The Hall–Kier alpha value is -2.66. The maximum atomic E-state index is 6.00. The van der Waals surface area contributed by atoms with Crippen molar-refractivity contribution < 1.29 is 4.42 Å². The van der Waals surface area contributed by atoms with Crippen molar-refractivity contribution >= 4 is 17.2 Å². The van der Waals surface area contributed by atoms with E-state index in [1.807, 2.05) is 47.9 Å². The minimum atomic E-state index is 0.433. The molecule has 0 saturated heterocycles. The van der Waals surface area contributed by atoms with E-state index in [-0.39, 0.29) is 0 Å². The Kier molecular flexibility index (Phi) is 2.94. The zero-order valence-electron chi connectivity index (χ0n) is 11.7. The average molecular weight is 311 g/mol. The molecule has 0 aliphatic rings. The number of imidazole rings is 1. The van der Waals surface area contributed by atoms with Gasteiger partial charge in [-0.25, -0.2) is 4.98 Å². The van der Waals surface area contributed by atoms with E-state index in [1.54, 1.807) is 12.1 Å². The summed E-state index contributed by atoms with van der Waals surface area (Å²) in [6, 6.07) is 13.1. The number of fused-ring (bicyclic) bond motifs is 1. The summed E-state index contributed by atoms with van der Waals surface area (Å²) in [5.41, 5.74) is 3.28. The van der Waals surface area contributed by atoms with Gasteiger partial charge in [0, 0.05) is 16.8 Å². The molecule has 0 aliphatic heterocycles. The van der Waals surface area contributed by atoms with E-state index in [0.29, 0.717) is 16.8 Å². The standard InChI is InChI=1S/C16H11ClN4O/c1-10-14(21-8-3-2-7-13(21)18-10)16-20-19-15(22-16)11-5-4-6-12(17)9-11/h2-9H,1H3. The second-order valence-electron chi connectivity index (χ2n) is 4.90. The first-order valence-corrected chi connectivity index (χ1v) is 7.14. The molecule has 0 unspecified atom stereocenters. The van der Waals surface area contributed by atoms with Gasteiger partial charge in [-0.15, -0.1) is 10.2 Å². The van der Waals surface area contributed by atoms with Crippen LogP contribution in [0.4, 0.5) is 0 Å². The highest BCUT2D eigenvalue weighted by Gasteiger charge is 2.17. The number of aromatic nitrogens is 4. The normalized spacial score (nSPS) is 11.2. The minimum Gasteiger partial charge on any atom is -0.415 e. The highest BCUT2D eigenvalue weighted by atomic mass is 35.5. The predicted molar refractivity (Wildman–Crippen MR) is 83.7 cm³/mol.